The molecular formula is C15H22N2O2. The molecule has 2 unspecified atom stereocenters. The molecular weight excluding hydrogens is 240 g/mol. The van der Waals surface area contributed by atoms with Gasteiger partial charge in [-0.1, -0.05) is 29.8 Å². The average molecular weight is 262 g/mol. The maximum absolute atomic E-state index is 12.0. The Morgan fingerprint density at radius 1 is 1.42 bits per heavy atom. The van der Waals surface area contributed by atoms with Gasteiger partial charge in [-0.25, -0.2) is 0 Å². The lowest BCUT2D eigenvalue weighted by atomic mass is 10.0. The van der Waals surface area contributed by atoms with Crippen molar-refractivity contribution in [1.29, 1.82) is 0 Å². The first-order valence-electron chi connectivity index (χ1n) is 6.88. The summed E-state index contributed by atoms with van der Waals surface area (Å²) in [6.45, 7) is 3.36. The minimum atomic E-state index is -0.607. The molecule has 2 rings (SSSR count). The van der Waals surface area contributed by atoms with Gasteiger partial charge in [0.2, 0.25) is 5.91 Å². The fourth-order valence-electron chi connectivity index (χ4n) is 2.22. The first kappa shape index (κ1) is 14.0. The highest BCUT2D eigenvalue weighted by Crippen LogP contribution is 2.13. The van der Waals surface area contributed by atoms with Gasteiger partial charge in [0.25, 0.3) is 0 Å². The maximum Gasteiger partial charge on any atom is 0.241 e. The molecule has 0 radical (unpaired) electrons. The SMILES string of the molecule is Cc1ccc(C(N)C(=O)NCC2CCCCO2)cc1. The van der Waals surface area contributed by atoms with E-state index in [4.69, 9.17) is 10.5 Å². The molecule has 1 aromatic rings. The zero-order chi connectivity index (χ0) is 13.7. The Kier molecular flexibility index (Phi) is 4.93. The van der Waals surface area contributed by atoms with Crippen LogP contribution in [-0.2, 0) is 9.53 Å². The van der Waals surface area contributed by atoms with Crippen molar-refractivity contribution in [2.45, 2.75) is 38.3 Å². The fourth-order valence-corrected chi connectivity index (χ4v) is 2.22. The summed E-state index contributed by atoms with van der Waals surface area (Å²) in [6, 6.07) is 7.12. The van der Waals surface area contributed by atoms with E-state index in [9.17, 15) is 4.79 Å². The van der Waals surface area contributed by atoms with Crippen LogP contribution in [0, 0.1) is 6.92 Å². The highest BCUT2D eigenvalue weighted by molar-refractivity contribution is 5.82. The standard InChI is InChI=1S/C15H22N2O2/c1-11-5-7-12(8-6-11)14(16)15(18)17-10-13-4-2-3-9-19-13/h5-8,13-14H,2-4,9-10,16H2,1H3,(H,17,18). The number of carbonyl (C=O) groups is 1. The minimum Gasteiger partial charge on any atom is -0.376 e. The van der Waals surface area contributed by atoms with Crippen molar-refractivity contribution in [2.75, 3.05) is 13.2 Å². The molecule has 0 saturated carbocycles. The number of aryl methyl sites for hydroxylation is 1. The van der Waals surface area contributed by atoms with Crippen molar-refractivity contribution in [3.63, 3.8) is 0 Å². The maximum atomic E-state index is 12.0. The van der Waals surface area contributed by atoms with Crippen LogP contribution in [0.15, 0.2) is 24.3 Å². The van der Waals surface area contributed by atoms with E-state index in [-0.39, 0.29) is 12.0 Å². The fraction of sp³-hybridized carbons (Fsp3) is 0.533. The van der Waals surface area contributed by atoms with Crippen LogP contribution in [-0.4, -0.2) is 25.2 Å². The molecule has 1 aliphatic heterocycles. The van der Waals surface area contributed by atoms with Crippen LogP contribution in [0.1, 0.15) is 36.4 Å². The Balaban J connectivity index is 1.83. The summed E-state index contributed by atoms with van der Waals surface area (Å²) in [5, 5.41) is 2.88. The lowest BCUT2D eigenvalue weighted by molar-refractivity contribution is -0.123. The van der Waals surface area contributed by atoms with E-state index < -0.39 is 6.04 Å². The third kappa shape index (κ3) is 4.04. The summed E-state index contributed by atoms with van der Waals surface area (Å²) < 4.78 is 5.57. The zero-order valence-electron chi connectivity index (χ0n) is 11.4. The van der Waals surface area contributed by atoms with Crippen LogP contribution in [0.5, 0.6) is 0 Å². The van der Waals surface area contributed by atoms with E-state index in [0.717, 1.165) is 30.6 Å². The normalized spacial score (nSPS) is 20.8. The van der Waals surface area contributed by atoms with Crippen molar-refractivity contribution >= 4 is 5.91 Å². The molecule has 4 nitrogen and oxygen atoms in total. The van der Waals surface area contributed by atoms with Gasteiger partial charge in [-0.15, -0.1) is 0 Å². The number of amides is 1. The van der Waals surface area contributed by atoms with Gasteiger partial charge in [0.15, 0.2) is 0 Å². The van der Waals surface area contributed by atoms with Crippen molar-refractivity contribution in [3.05, 3.63) is 35.4 Å². The number of nitrogens with one attached hydrogen (secondary N) is 1. The van der Waals surface area contributed by atoms with Crippen molar-refractivity contribution in [3.8, 4) is 0 Å². The molecule has 3 N–H and O–H groups in total. The van der Waals surface area contributed by atoms with E-state index in [1.807, 2.05) is 31.2 Å². The predicted molar refractivity (Wildman–Crippen MR) is 74.7 cm³/mol. The second-order valence-corrected chi connectivity index (χ2v) is 5.12. The average Bonchev–Trinajstić information content (AvgIpc) is 2.46. The molecule has 1 heterocycles. The van der Waals surface area contributed by atoms with Crippen LogP contribution >= 0.6 is 0 Å². The highest BCUT2D eigenvalue weighted by Gasteiger charge is 2.18. The Morgan fingerprint density at radius 3 is 2.79 bits per heavy atom. The Bertz CT molecular complexity index is 411. The van der Waals surface area contributed by atoms with Crippen molar-refractivity contribution in [1.82, 2.24) is 5.32 Å². The highest BCUT2D eigenvalue weighted by atomic mass is 16.5. The number of ether oxygens (including phenoxy) is 1. The Morgan fingerprint density at radius 2 is 2.16 bits per heavy atom. The van der Waals surface area contributed by atoms with Gasteiger partial charge in [0, 0.05) is 13.2 Å². The van der Waals surface area contributed by atoms with Crippen LogP contribution in [0.4, 0.5) is 0 Å². The lowest BCUT2D eigenvalue weighted by Gasteiger charge is -2.23. The van der Waals surface area contributed by atoms with E-state index in [1.54, 1.807) is 0 Å². The summed E-state index contributed by atoms with van der Waals surface area (Å²) in [5.41, 5.74) is 7.95. The molecule has 1 aliphatic rings. The van der Waals surface area contributed by atoms with Crippen LogP contribution < -0.4 is 11.1 Å². The van der Waals surface area contributed by atoms with Gasteiger partial charge < -0.3 is 15.8 Å². The second kappa shape index (κ2) is 6.68. The van der Waals surface area contributed by atoms with Gasteiger partial charge in [-0.2, -0.15) is 0 Å². The molecule has 0 bridgehead atoms. The molecule has 0 aliphatic carbocycles. The summed E-state index contributed by atoms with van der Waals surface area (Å²) in [7, 11) is 0. The molecule has 0 spiro atoms. The quantitative estimate of drug-likeness (QED) is 0.867. The van der Waals surface area contributed by atoms with Gasteiger partial charge >= 0.3 is 0 Å². The molecule has 4 heteroatoms. The van der Waals surface area contributed by atoms with Crippen LogP contribution in [0.25, 0.3) is 0 Å². The van der Waals surface area contributed by atoms with Gasteiger partial charge in [0.1, 0.15) is 6.04 Å². The molecule has 2 atom stereocenters. The number of benzene rings is 1. The summed E-state index contributed by atoms with van der Waals surface area (Å²) in [5.74, 6) is -0.141. The summed E-state index contributed by atoms with van der Waals surface area (Å²) in [6.07, 6.45) is 3.45. The second-order valence-electron chi connectivity index (χ2n) is 5.12. The zero-order valence-corrected chi connectivity index (χ0v) is 11.4. The monoisotopic (exact) mass is 262 g/mol. The molecule has 1 saturated heterocycles. The summed E-state index contributed by atoms with van der Waals surface area (Å²) >= 11 is 0. The van der Waals surface area contributed by atoms with E-state index >= 15 is 0 Å². The van der Waals surface area contributed by atoms with E-state index in [0.29, 0.717) is 6.54 Å². The third-order valence-corrected chi connectivity index (χ3v) is 3.50. The van der Waals surface area contributed by atoms with E-state index in [2.05, 4.69) is 5.32 Å². The molecule has 1 fully saturated rings. The Labute approximate surface area is 114 Å². The molecule has 19 heavy (non-hydrogen) atoms. The molecule has 1 amide bonds. The minimum absolute atomic E-state index is 0.141. The number of rotatable bonds is 4. The number of hydrogen-bond donors (Lipinski definition) is 2. The lowest BCUT2D eigenvalue weighted by Crippen LogP contribution is -2.40. The Hall–Kier alpha value is -1.39. The van der Waals surface area contributed by atoms with Crippen molar-refractivity contribution in [2.24, 2.45) is 5.73 Å². The summed E-state index contributed by atoms with van der Waals surface area (Å²) in [4.78, 5) is 12.0. The number of hydrogen-bond acceptors (Lipinski definition) is 3. The first-order chi connectivity index (χ1) is 9.16. The smallest absolute Gasteiger partial charge is 0.241 e. The van der Waals surface area contributed by atoms with Gasteiger partial charge in [-0.3, -0.25) is 4.79 Å². The number of carbonyl (C=O) groups excluding carboxylic acids is 1. The first-order valence-corrected chi connectivity index (χ1v) is 6.88. The molecule has 1 aromatic carbocycles. The van der Waals surface area contributed by atoms with Gasteiger partial charge in [-0.05, 0) is 31.7 Å². The molecule has 104 valence electrons. The van der Waals surface area contributed by atoms with Crippen molar-refractivity contribution < 1.29 is 9.53 Å². The van der Waals surface area contributed by atoms with Crippen LogP contribution in [0.3, 0.4) is 0 Å². The number of nitrogens with two attached hydrogens (primary N) is 1. The topological polar surface area (TPSA) is 64.4 Å². The van der Waals surface area contributed by atoms with E-state index in [1.165, 1.54) is 6.42 Å². The third-order valence-electron chi connectivity index (χ3n) is 3.50. The van der Waals surface area contributed by atoms with Gasteiger partial charge in [0.05, 0.1) is 6.10 Å². The predicted octanol–water partition coefficient (Wildman–Crippen LogP) is 1.68. The molecule has 0 aromatic heterocycles. The van der Waals surface area contributed by atoms with Crippen LogP contribution in [0.2, 0.25) is 0 Å². The largest absolute Gasteiger partial charge is 0.376 e.